The molecule has 0 aliphatic carbocycles. The number of hydrogen-bond acceptors (Lipinski definition) is 6. The molecule has 2 aromatic carbocycles. The lowest BCUT2D eigenvalue weighted by molar-refractivity contribution is -0.297. The largest absolute Gasteiger partial charge is 0.544 e. The van der Waals surface area contributed by atoms with Crippen LogP contribution < -0.4 is 5.11 Å². The summed E-state index contributed by atoms with van der Waals surface area (Å²) in [5.41, 5.74) is 1.57. The van der Waals surface area contributed by atoms with Crippen LogP contribution in [0.25, 0.3) is 17.5 Å². The molecule has 26 heavy (non-hydrogen) atoms. The SMILES string of the molecule is CSc1ccc(/C=C(\Sc2n[nH]c(-c3ccc(Cl)cc3)n2)C(=O)[O-])cc1. The molecular weight excluding hydrogens is 390 g/mol. The highest BCUT2D eigenvalue weighted by Crippen LogP contribution is 2.27. The number of nitrogens with zero attached hydrogens (tertiary/aromatic N) is 2. The van der Waals surface area contributed by atoms with Gasteiger partial charge in [0.25, 0.3) is 0 Å². The molecule has 0 amide bonds. The molecule has 1 aromatic heterocycles. The summed E-state index contributed by atoms with van der Waals surface area (Å²) >= 11 is 8.43. The highest BCUT2D eigenvalue weighted by atomic mass is 35.5. The van der Waals surface area contributed by atoms with Crippen molar-refractivity contribution in [3.05, 3.63) is 64.0 Å². The van der Waals surface area contributed by atoms with E-state index in [2.05, 4.69) is 15.2 Å². The quantitative estimate of drug-likeness (QED) is 0.499. The van der Waals surface area contributed by atoms with Crippen molar-refractivity contribution in [1.82, 2.24) is 15.2 Å². The lowest BCUT2D eigenvalue weighted by Gasteiger charge is -2.06. The standard InChI is InChI=1S/C18H14ClN3O2S2/c1-25-14-8-2-11(3-9-14)10-15(17(23)24)26-18-20-16(21-22-18)12-4-6-13(19)7-5-12/h2-10H,1H3,(H,23,24)(H,20,21,22)/p-1/b15-10-. The van der Waals surface area contributed by atoms with Crippen LogP contribution in [-0.4, -0.2) is 27.4 Å². The molecule has 0 aliphatic heterocycles. The molecule has 0 spiro atoms. The molecule has 0 bridgehead atoms. The smallest absolute Gasteiger partial charge is 0.213 e. The van der Waals surface area contributed by atoms with Gasteiger partial charge < -0.3 is 9.90 Å². The lowest BCUT2D eigenvalue weighted by Crippen LogP contribution is -2.23. The molecular formula is C18H13ClN3O2S2-. The van der Waals surface area contributed by atoms with Crippen molar-refractivity contribution in [2.45, 2.75) is 10.1 Å². The maximum atomic E-state index is 11.5. The van der Waals surface area contributed by atoms with Gasteiger partial charge >= 0.3 is 0 Å². The summed E-state index contributed by atoms with van der Waals surface area (Å²) in [6, 6.07) is 14.7. The summed E-state index contributed by atoms with van der Waals surface area (Å²) in [6.07, 6.45) is 3.53. The van der Waals surface area contributed by atoms with Crippen LogP contribution in [0.15, 0.2) is 63.5 Å². The molecule has 0 radical (unpaired) electrons. The van der Waals surface area contributed by atoms with Crippen LogP contribution in [0.5, 0.6) is 0 Å². The van der Waals surface area contributed by atoms with Crippen molar-refractivity contribution < 1.29 is 9.90 Å². The van der Waals surface area contributed by atoms with Gasteiger partial charge in [-0.1, -0.05) is 23.7 Å². The number of aromatic nitrogens is 3. The summed E-state index contributed by atoms with van der Waals surface area (Å²) in [5.74, 6) is -0.743. The average Bonchev–Trinajstić information content (AvgIpc) is 3.11. The van der Waals surface area contributed by atoms with Crippen LogP contribution in [0, 0.1) is 0 Å². The van der Waals surface area contributed by atoms with E-state index in [0.29, 0.717) is 16.0 Å². The Morgan fingerprint density at radius 2 is 1.85 bits per heavy atom. The predicted molar refractivity (Wildman–Crippen MR) is 104 cm³/mol. The third-order valence-electron chi connectivity index (χ3n) is 3.40. The van der Waals surface area contributed by atoms with Crippen molar-refractivity contribution in [1.29, 1.82) is 0 Å². The van der Waals surface area contributed by atoms with Crippen LogP contribution in [0.4, 0.5) is 0 Å². The number of H-pyrrole nitrogens is 1. The highest BCUT2D eigenvalue weighted by Gasteiger charge is 2.10. The second kappa shape index (κ2) is 8.44. The first-order valence-corrected chi connectivity index (χ1v) is 9.90. The van der Waals surface area contributed by atoms with E-state index in [9.17, 15) is 9.90 Å². The first kappa shape index (κ1) is 18.6. The van der Waals surface area contributed by atoms with Gasteiger partial charge in [0.15, 0.2) is 5.82 Å². The number of carboxylic acids is 1. The molecule has 3 rings (SSSR count). The Morgan fingerprint density at radius 3 is 2.46 bits per heavy atom. The van der Waals surface area contributed by atoms with Gasteiger partial charge in [-0.3, -0.25) is 5.10 Å². The number of carboxylic acid groups (broad SMARTS) is 1. The number of hydrogen-bond donors (Lipinski definition) is 1. The molecule has 0 atom stereocenters. The Hall–Kier alpha value is -2.22. The number of thioether (sulfide) groups is 2. The Bertz CT molecular complexity index is 938. The van der Waals surface area contributed by atoms with Gasteiger partial charge in [-0.15, -0.1) is 16.9 Å². The Kier molecular flexibility index (Phi) is 6.03. The van der Waals surface area contributed by atoms with Gasteiger partial charge in [0.1, 0.15) is 0 Å². The number of aliphatic carboxylic acids is 1. The van der Waals surface area contributed by atoms with Crippen LogP contribution in [0.3, 0.4) is 0 Å². The van der Waals surface area contributed by atoms with Crippen molar-refractivity contribution >= 4 is 47.2 Å². The van der Waals surface area contributed by atoms with Crippen LogP contribution in [0.1, 0.15) is 5.56 Å². The van der Waals surface area contributed by atoms with Crippen molar-refractivity contribution in [2.24, 2.45) is 0 Å². The summed E-state index contributed by atoms with van der Waals surface area (Å²) in [4.78, 5) is 16.9. The third-order valence-corrected chi connectivity index (χ3v) is 5.26. The number of rotatable bonds is 6. The second-order valence-electron chi connectivity index (χ2n) is 5.14. The molecule has 0 unspecified atom stereocenters. The molecule has 1 heterocycles. The van der Waals surface area contributed by atoms with Crippen molar-refractivity contribution in [2.75, 3.05) is 6.26 Å². The fraction of sp³-hybridized carbons (Fsp3) is 0.0556. The minimum absolute atomic E-state index is 0.0311. The molecule has 1 N–H and O–H groups in total. The van der Waals surface area contributed by atoms with E-state index in [1.807, 2.05) is 30.5 Å². The van der Waals surface area contributed by atoms with Gasteiger partial charge in [0.05, 0.1) is 5.97 Å². The number of halogens is 1. The monoisotopic (exact) mass is 402 g/mol. The Labute approximate surface area is 163 Å². The van der Waals surface area contributed by atoms with Gasteiger partial charge in [-0.2, -0.15) is 0 Å². The van der Waals surface area contributed by atoms with E-state index in [1.54, 1.807) is 42.1 Å². The van der Waals surface area contributed by atoms with Gasteiger partial charge in [-0.25, -0.2) is 4.98 Å². The summed E-state index contributed by atoms with van der Waals surface area (Å²) in [6.45, 7) is 0. The zero-order valence-electron chi connectivity index (χ0n) is 13.6. The van der Waals surface area contributed by atoms with Crippen LogP contribution >= 0.6 is 35.1 Å². The highest BCUT2D eigenvalue weighted by molar-refractivity contribution is 8.04. The molecule has 8 heteroatoms. The van der Waals surface area contributed by atoms with Crippen LogP contribution in [-0.2, 0) is 4.79 Å². The maximum Gasteiger partial charge on any atom is 0.213 e. The minimum Gasteiger partial charge on any atom is -0.544 e. The summed E-state index contributed by atoms with van der Waals surface area (Å²) in [5, 5.41) is 19.2. The molecule has 0 saturated heterocycles. The van der Waals surface area contributed by atoms with Gasteiger partial charge in [-0.05, 0) is 66.1 Å². The fourth-order valence-corrected chi connectivity index (χ4v) is 3.35. The van der Waals surface area contributed by atoms with E-state index in [-0.39, 0.29) is 4.91 Å². The maximum absolute atomic E-state index is 11.5. The fourth-order valence-electron chi connectivity index (χ4n) is 2.11. The number of nitrogens with one attached hydrogen (secondary N) is 1. The van der Waals surface area contributed by atoms with E-state index < -0.39 is 5.97 Å². The zero-order valence-corrected chi connectivity index (χ0v) is 16.0. The summed E-state index contributed by atoms with van der Waals surface area (Å²) in [7, 11) is 0. The first-order valence-electron chi connectivity index (χ1n) is 7.48. The molecule has 0 aliphatic rings. The summed E-state index contributed by atoms with van der Waals surface area (Å²) < 4.78 is 0. The second-order valence-corrected chi connectivity index (χ2v) is 7.47. The third kappa shape index (κ3) is 4.69. The molecule has 0 saturated carbocycles. The number of carbonyl (C=O) groups is 1. The van der Waals surface area contributed by atoms with E-state index in [4.69, 9.17) is 11.6 Å². The Morgan fingerprint density at radius 1 is 1.15 bits per heavy atom. The normalized spacial score (nSPS) is 11.5. The average molecular weight is 403 g/mol. The number of aromatic amines is 1. The predicted octanol–water partition coefficient (Wildman–Crippen LogP) is 3.73. The Balaban J connectivity index is 1.81. The van der Waals surface area contributed by atoms with Crippen molar-refractivity contribution in [3.8, 4) is 11.4 Å². The van der Waals surface area contributed by atoms with Crippen molar-refractivity contribution in [3.63, 3.8) is 0 Å². The first-order chi connectivity index (χ1) is 12.5. The molecule has 132 valence electrons. The minimum atomic E-state index is -1.28. The van der Waals surface area contributed by atoms with E-state index >= 15 is 0 Å². The van der Waals surface area contributed by atoms with Crippen LogP contribution in [0.2, 0.25) is 5.02 Å². The molecule has 3 aromatic rings. The molecule has 5 nitrogen and oxygen atoms in total. The number of benzene rings is 2. The van der Waals surface area contributed by atoms with Gasteiger partial charge in [0, 0.05) is 20.4 Å². The number of carbonyl (C=O) groups excluding carboxylic acids is 1. The van der Waals surface area contributed by atoms with E-state index in [1.165, 1.54) is 0 Å². The zero-order chi connectivity index (χ0) is 18.5. The van der Waals surface area contributed by atoms with E-state index in [0.717, 1.165) is 27.8 Å². The lowest BCUT2D eigenvalue weighted by atomic mass is 10.2. The topological polar surface area (TPSA) is 81.7 Å². The molecule has 0 fully saturated rings. The van der Waals surface area contributed by atoms with Gasteiger partial charge in [0.2, 0.25) is 5.16 Å².